The van der Waals surface area contributed by atoms with E-state index in [-0.39, 0.29) is 38.6 Å². The predicted molar refractivity (Wildman–Crippen MR) is 267 cm³/mol. The van der Waals surface area contributed by atoms with Gasteiger partial charge in [0.2, 0.25) is 0 Å². The fourth-order valence-corrected chi connectivity index (χ4v) is 6.48. The summed E-state index contributed by atoms with van der Waals surface area (Å²) in [5.41, 5.74) is 0. The molecule has 366 valence electrons. The lowest BCUT2D eigenvalue weighted by molar-refractivity contribution is -0.870. The van der Waals surface area contributed by atoms with Crippen LogP contribution in [0.5, 0.6) is 0 Å². The molecule has 0 aliphatic heterocycles. The van der Waals surface area contributed by atoms with E-state index in [0.717, 1.165) is 103 Å². The molecule has 2 atom stereocenters. The van der Waals surface area contributed by atoms with E-state index in [1.807, 2.05) is 21.1 Å². The second-order valence-corrected chi connectivity index (χ2v) is 17.7. The lowest BCUT2D eigenvalue weighted by Gasteiger charge is -2.25. The summed E-state index contributed by atoms with van der Waals surface area (Å²) in [4.78, 5) is 37.2. The molecule has 9 nitrogen and oxygen atoms in total. The summed E-state index contributed by atoms with van der Waals surface area (Å²) in [6.45, 7) is 4.70. The zero-order valence-electron chi connectivity index (χ0n) is 41.4. The number of nitrogens with zero attached hydrogens (tertiary/aromatic N) is 1. The maximum absolute atomic E-state index is 12.8. The molecule has 0 aromatic heterocycles. The first-order valence-corrected chi connectivity index (χ1v) is 25.3. The van der Waals surface area contributed by atoms with Gasteiger partial charge in [0, 0.05) is 12.8 Å². The van der Waals surface area contributed by atoms with Gasteiger partial charge in [0.15, 0.2) is 6.10 Å². The van der Waals surface area contributed by atoms with Gasteiger partial charge in [-0.1, -0.05) is 170 Å². The normalized spacial score (nSPS) is 13.6. The number of unbranched alkanes of at least 4 members (excludes halogenated alkanes) is 16. The van der Waals surface area contributed by atoms with Crippen molar-refractivity contribution in [2.45, 2.75) is 200 Å². The average Bonchev–Trinajstić information content (AvgIpc) is 3.26. The van der Waals surface area contributed by atoms with Gasteiger partial charge in [0.05, 0.1) is 34.4 Å². The Bertz CT molecular complexity index is 1320. The summed E-state index contributed by atoms with van der Waals surface area (Å²) in [7, 11) is 5.95. The van der Waals surface area contributed by atoms with Gasteiger partial charge in [-0.2, -0.15) is 0 Å². The highest BCUT2D eigenvalue weighted by Crippen LogP contribution is 2.14. The fraction of sp³-hybridized carbons (Fsp3) is 0.691. The quantitative estimate of drug-likeness (QED) is 0.0212. The predicted octanol–water partition coefficient (Wildman–Crippen LogP) is 14.1. The molecule has 1 N–H and O–H groups in total. The Balaban J connectivity index is 4.32. The third kappa shape index (κ3) is 46.5. The number of carboxylic acid groups (broad SMARTS) is 1. The van der Waals surface area contributed by atoms with Crippen LogP contribution in [0.3, 0.4) is 0 Å². The summed E-state index contributed by atoms with van der Waals surface area (Å²) in [6.07, 6.45) is 56.5. The van der Waals surface area contributed by atoms with E-state index in [1.54, 1.807) is 0 Å². The van der Waals surface area contributed by atoms with Crippen molar-refractivity contribution in [3.05, 3.63) is 85.1 Å². The number of esters is 2. The van der Waals surface area contributed by atoms with Gasteiger partial charge in [-0.05, 0) is 89.9 Å². The zero-order chi connectivity index (χ0) is 47.0. The van der Waals surface area contributed by atoms with E-state index < -0.39 is 24.3 Å². The van der Waals surface area contributed by atoms with Crippen LogP contribution < -0.4 is 0 Å². The van der Waals surface area contributed by atoms with Crippen molar-refractivity contribution < 1.29 is 42.9 Å². The van der Waals surface area contributed by atoms with Crippen LogP contribution in [0.15, 0.2) is 85.1 Å². The molecule has 9 heteroatoms. The van der Waals surface area contributed by atoms with Gasteiger partial charge in [0.1, 0.15) is 13.2 Å². The van der Waals surface area contributed by atoms with Crippen LogP contribution in [0.25, 0.3) is 0 Å². The molecule has 0 spiro atoms. The minimum Gasteiger partial charge on any atom is -0.477 e. The van der Waals surface area contributed by atoms with Crippen LogP contribution in [0.1, 0.15) is 187 Å². The molecule has 0 aromatic carbocycles. The van der Waals surface area contributed by atoms with Crippen molar-refractivity contribution in [2.75, 3.05) is 47.5 Å². The van der Waals surface area contributed by atoms with E-state index in [0.29, 0.717) is 17.4 Å². The number of carbonyl (C=O) groups is 3. The Morgan fingerprint density at radius 2 is 0.891 bits per heavy atom. The smallest absolute Gasteiger partial charge is 0.361 e. The molecule has 64 heavy (non-hydrogen) atoms. The Kier molecular flexibility index (Phi) is 43.5. The van der Waals surface area contributed by atoms with Gasteiger partial charge >= 0.3 is 17.9 Å². The van der Waals surface area contributed by atoms with Crippen molar-refractivity contribution in [3.8, 4) is 0 Å². The monoisotopic (exact) mass is 897 g/mol. The minimum atomic E-state index is -1.52. The third-order valence-corrected chi connectivity index (χ3v) is 10.4. The standard InChI is InChI=1S/C55H93NO8/c1-6-8-10-12-14-16-18-20-21-22-23-24-25-26-27-28-29-30-31-32-33-34-36-38-40-42-44-46-53(58)64-51(50-63-55(54(59)60)61-48-47-56(3,4)5)49-62-52(57)45-43-41-39-37-35-19-17-15-13-11-9-7-2/h8,10,14-17,20-21,23-24,26-27,29-30,51,55H,6-7,9,11-13,18-19,22,25,28,31-50H2,1-5H3/p+1/b10-8-,16-14-,17-15-,21-20-,24-23-,27-26-,30-29-. The molecule has 0 radical (unpaired) electrons. The van der Waals surface area contributed by atoms with Crippen LogP contribution in [0.4, 0.5) is 0 Å². The van der Waals surface area contributed by atoms with Crippen molar-refractivity contribution in [1.29, 1.82) is 0 Å². The summed E-state index contributed by atoms with van der Waals surface area (Å²) in [6, 6.07) is 0. The van der Waals surface area contributed by atoms with Gasteiger partial charge in [-0.15, -0.1) is 0 Å². The van der Waals surface area contributed by atoms with E-state index in [2.05, 4.69) is 98.9 Å². The number of carboxylic acids is 1. The van der Waals surface area contributed by atoms with Crippen LogP contribution in [0, 0.1) is 0 Å². The second kappa shape index (κ2) is 46.0. The number of likely N-dealkylation sites (N-methyl/N-ethyl adjacent to an activating group) is 1. The maximum Gasteiger partial charge on any atom is 0.361 e. The summed E-state index contributed by atoms with van der Waals surface area (Å²) in [5.74, 6) is -2.04. The highest BCUT2D eigenvalue weighted by molar-refractivity contribution is 5.71. The van der Waals surface area contributed by atoms with Crippen molar-refractivity contribution in [3.63, 3.8) is 0 Å². The SMILES string of the molecule is CC/C=C\C/C=C\C/C=C\C/C=C\C/C=C\C/C=C\CCCCCCCCCCC(=O)OC(COC(=O)CCCCCCC/C=C\CCCCC)COC(OCC[N+](C)(C)C)C(=O)O. The largest absolute Gasteiger partial charge is 0.477 e. The molecule has 0 rings (SSSR count). The number of ether oxygens (including phenoxy) is 4. The molecule has 0 aliphatic rings. The van der Waals surface area contributed by atoms with Crippen LogP contribution in [-0.2, 0) is 33.3 Å². The summed E-state index contributed by atoms with van der Waals surface area (Å²) in [5, 5.41) is 9.65. The Morgan fingerprint density at radius 1 is 0.484 bits per heavy atom. The third-order valence-electron chi connectivity index (χ3n) is 10.4. The number of hydrogen-bond donors (Lipinski definition) is 1. The number of aliphatic carboxylic acids is 1. The Hall–Kier alpha value is -3.53. The molecule has 0 saturated carbocycles. The molecule has 0 aromatic rings. The molecule has 0 saturated heterocycles. The minimum absolute atomic E-state index is 0.181. The second-order valence-electron chi connectivity index (χ2n) is 17.7. The molecule has 0 fully saturated rings. The van der Waals surface area contributed by atoms with E-state index in [1.165, 1.54) is 51.4 Å². The van der Waals surface area contributed by atoms with Crippen LogP contribution in [-0.4, -0.2) is 87.4 Å². The Morgan fingerprint density at radius 3 is 1.34 bits per heavy atom. The zero-order valence-corrected chi connectivity index (χ0v) is 41.4. The number of allylic oxidation sites excluding steroid dienone is 14. The fourth-order valence-electron chi connectivity index (χ4n) is 6.48. The number of hydrogen-bond acceptors (Lipinski definition) is 7. The van der Waals surface area contributed by atoms with Gasteiger partial charge in [-0.3, -0.25) is 9.59 Å². The van der Waals surface area contributed by atoms with Gasteiger partial charge < -0.3 is 28.5 Å². The first kappa shape index (κ1) is 60.5. The molecular formula is C55H94NO8+. The Labute approximate surface area is 391 Å². The van der Waals surface area contributed by atoms with E-state index in [9.17, 15) is 19.5 Å². The average molecular weight is 897 g/mol. The first-order chi connectivity index (χ1) is 31.1. The molecule has 2 unspecified atom stereocenters. The molecule has 0 aliphatic carbocycles. The van der Waals surface area contributed by atoms with Crippen molar-refractivity contribution in [2.24, 2.45) is 0 Å². The lowest BCUT2D eigenvalue weighted by Crippen LogP contribution is -2.40. The van der Waals surface area contributed by atoms with Crippen molar-refractivity contribution in [1.82, 2.24) is 0 Å². The van der Waals surface area contributed by atoms with Gasteiger partial charge in [0.25, 0.3) is 6.29 Å². The maximum atomic E-state index is 12.8. The van der Waals surface area contributed by atoms with E-state index in [4.69, 9.17) is 18.9 Å². The van der Waals surface area contributed by atoms with Gasteiger partial charge in [-0.25, -0.2) is 4.79 Å². The number of rotatable bonds is 45. The molecule has 0 amide bonds. The van der Waals surface area contributed by atoms with Crippen LogP contribution in [0.2, 0.25) is 0 Å². The van der Waals surface area contributed by atoms with E-state index >= 15 is 0 Å². The summed E-state index contributed by atoms with van der Waals surface area (Å²) < 4.78 is 22.7. The highest BCUT2D eigenvalue weighted by atomic mass is 16.7. The topological polar surface area (TPSA) is 108 Å². The molecular weight excluding hydrogens is 803 g/mol. The summed E-state index contributed by atoms with van der Waals surface area (Å²) >= 11 is 0. The lowest BCUT2D eigenvalue weighted by atomic mass is 10.1. The highest BCUT2D eigenvalue weighted by Gasteiger charge is 2.25. The number of carbonyl (C=O) groups excluding carboxylic acids is 2. The molecule has 0 heterocycles. The molecule has 0 bridgehead atoms. The van der Waals surface area contributed by atoms with Crippen molar-refractivity contribution >= 4 is 17.9 Å². The number of quaternary nitrogens is 1. The van der Waals surface area contributed by atoms with Crippen LogP contribution >= 0.6 is 0 Å². The first-order valence-electron chi connectivity index (χ1n) is 25.3.